The number of hydrogen-bond donors (Lipinski definition) is 0. The van der Waals surface area contributed by atoms with E-state index in [-0.39, 0.29) is 54.4 Å². The summed E-state index contributed by atoms with van der Waals surface area (Å²) in [6, 6.07) is 0. The van der Waals surface area contributed by atoms with Gasteiger partial charge in [0.15, 0.2) is 0 Å². The molecule has 0 saturated heterocycles. The van der Waals surface area contributed by atoms with E-state index >= 15 is 0 Å². The number of halogens is 3. The molecule has 0 fully saturated rings. The van der Waals surface area contributed by atoms with Crippen molar-refractivity contribution < 1.29 is 59.3 Å². The molecule has 0 unspecified atom stereocenters. The van der Waals surface area contributed by atoms with Crippen molar-refractivity contribution in [2.24, 2.45) is 5.41 Å². The molecular formula is C14H27F3O3SU. The van der Waals surface area contributed by atoms with Gasteiger partial charge in [-0.2, -0.15) is 13.2 Å². The molecule has 0 aromatic heterocycles. The molecule has 0 rings (SSSR count). The van der Waals surface area contributed by atoms with Crippen molar-refractivity contribution in [3.8, 4) is 0 Å². The molecule has 0 radical (unpaired) electrons. The fourth-order valence-corrected chi connectivity index (χ4v) is 2.17. The normalized spacial score (nSPS) is 12.2. The molecule has 0 saturated carbocycles. The van der Waals surface area contributed by atoms with Crippen LogP contribution in [0.2, 0.25) is 0 Å². The molecule has 8 heteroatoms. The van der Waals surface area contributed by atoms with Gasteiger partial charge in [0, 0.05) is 37.5 Å². The maximum atomic E-state index is 12.0. The predicted molar refractivity (Wildman–Crippen MR) is 80.5 cm³/mol. The Bertz CT molecular complexity index is 321. The molecule has 0 aromatic carbocycles. The summed E-state index contributed by atoms with van der Waals surface area (Å²) >= 11 is 1.21. The third kappa shape index (κ3) is 13.1. The Morgan fingerprint density at radius 3 is 2.05 bits per heavy atom. The first-order valence-electron chi connectivity index (χ1n) is 6.77. The molecule has 3 nitrogen and oxygen atoms in total. The van der Waals surface area contributed by atoms with Crippen LogP contribution in [0.5, 0.6) is 0 Å². The number of ether oxygens (including phenoxy) is 1. The predicted octanol–water partition coefficient (Wildman–Crippen LogP) is 4.00. The smallest absolute Gasteiger partial charge is 0.389 e. The van der Waals surface area contributed by atoms with Crippen LogP contribution in [0.3, 0.4) is 0 Å². The molecule has 0 aliphatic rings. The summed E-state index contributed by atoms with van der Waals surface area (Å²) in [5.41, 5.74) is -0.0767. The maximum Gasteiger partial charge on any atom is 0.389 e. The van der Waals surface area contributed by atoms with Crippen LogP contribution in [0.15, 0.2) is 0 Å². The number of carbonyl (C=O) groups excluding carboxylic acids is 1. The van der Waals surface area contributed by atoms with E-state index in [0.717, 1.165) is 6.42 Å². The zero-order chi connectivity index (χ0) is 16.0. The van der Waals surface area contributed by atoms with E-state index in [4.69, 9.17) is 4.74 Å². The molecule has 0 amide bonds. The van der Waals surface area contributed by atoms with Gasteiger partial charge in [0.25, 0.3) is 0 Å². The first-order valence-corrected chi connectivity index (χ1v) is 7.76. The van der Waals surface area contributed by atoms with Crippen LogP contribution in [-0.2, 0) is 9.53 Å². The van der Waals surface area contributed by atoms with Crippen molar-refractivity contribution in [1.29, 1.82) is 0 Å². The molecule has 0 aromatic rings. The molecular weight excluding hydrogens is 543 g/mol. The minimum atomic E-state index is -4.13. The third-order valence-corrected chi connectivity index (χ3v) is 4.49. The Morgan fingerprint density at radius 1 is 1.14 bits per heavy atom. The minimum absolute atomic E-state index is 0. The summed E-state index contributed by atoms with van der Waals surface area (Å²) in [6.45, 7) is 9.73. The second-order valence-electron chi connectivity index (χ2n) is 6.17. The number of esters is 1. The number of thioether (sulfide) groups is 1. The Kier molecular flexibility index (Phi) is 14.0. The molecule has 0 atom stereocenters. The van der Waals surface area contributed by atoms with Crippen LogP contribution >= 0.6 is 11.8 Å². The van der Waals surface area contributed by atoms with Gasteiger partial charge in [-0.25, -0.2) is 0 Å². The number of carbonyl (C=O) groups is 1. The summed E-state index contributed by atoms with van der Waals surface area (Å²) in [4.78, 5) is 12.0. The monoisotopic (exact) mass is 570 g/mol. The van der Waals surface area contributed by atoms with Gasteiger partial charge in [0.2, 0.25) is 0 Å². The Morgan fingerprint density at radius 2 is 1.64 bits per heavy atom. The van der Waals surface area contributed by atoms with Gasteiger partial charge in [-0.3, -0.25) is 4.79 Å². The summed E-state index contributed by atoms with van der Waals surface area (Å²) < 4.78 is 40.5. The second-order valence-corrected chi connectivity index (χ2v) is 7.89. The second kappa shape index (κ2) is 11.2. The SMILES string of the molecule is CCC(C)(C)COC(=O)C(C)(C)SCCCC(F)(F)F.O.[U]. The fraction of sp³-hybridized carbons (Fsp3) is 0.929. The van der Waals surface area contributed by atoms with Crippen LogP contribution in [0.4, 0.5) is 13.2 Å². The molecule has 0 aliphatic heterocycles. The average Bonchev–Trinajstić information content (AvgIpc) is 2.30. The van der Waals surface area contributed by atoms with Crippen molar-refractivity contribution in [2.45, 2.75) is 64.8 Å². The maximum absolute atomic E-state index is 12.0. The van der Waals surface area contributed by atoms with E-state index < -0.39 is 17.3 Å². The zero-order valence-corrected chi connectivity index (χ0v) is 18.9. The topological polar surface area (TPSA) is 57.8 Å². The van der Waals surface area contributed by atoms with E-state index in [0.29, 0.717) is 12.4 Å². The van der Waals surface area contributed by atoms with Crippen molar-refractivity contribution in [3.63, 3.8) is 0 Å². The molecule has 0 heterocycles. The Balaban J connectivity index is -0.00000180. The van der Waals surface area contributed by atoms with Gasteiger partial charge >= 0.3 is 12.1 Å². The van der Waals surface area contributed by atoms with E-state index in [2.05, 4.69) is 0 Å². The molecule has 0 aliphatic carbocycles. The standard InChI is InChI=1S/C14H25F3O2S.H2O.U/c1-6-12(2,3)10-19-11(18)13(4,5)20-9-7-8-14(15,16)17;;/h6-10H2,1-5H3;1H2;. The summed E-state index contributed by atoms with van der Waals surface area (Å²) in [5, 5.41) is 0. The molecule has 22 heavy (non-hydrogen) atoms. The minimum Gasteiger partial charge on any atom is -0.464 e. The summed E-state index contributed by atoms with van der Waals surface area (Å²) in [5.74, 6) is -0.0743. The Labute approximate surface area is 159 Å². The molecule has 132 valence electrons. The van der Waals surface area contributed by atoms with Crippen LogP contribution < -0.4 is 0 Å². The fourth-order valence-electron chi connectivity index (χ4n) is 1.20. The van der Waals surface area contributed by atoms with E-state index in [1.54, 1.807) is 13.8 Å². The van der Waals surface area contributed by atoms with Crippen molar-refractivity contribution >= 4 is 17.7 Å². The number of hydrogen-bond acceptors (Lipinski definition) is 3. The van der Waals surface area contributed by atoms with Gasteiger partial charge in [-0.15, -0.1) is 11.8 Å². The number of alkyl halides is 3. The van der Waals surface area contributed by atoms with Crippen molar-refractivity contribution in [2.75, 3.05) is 12.4 Å². The summed E-state index contributed by atoms with van der Waals surface area (Å²) in [7, 11) is 0. The van der Waals surface area contributed by atoms with Crippen LogP contribution in [0.25, 0.3) is 0 Å². The third-order valence-electron chi connectivity index (χ3n) is 3.11. The first-order chi connectivity index (χ1) is 8.90. The quantitative estimate of drug-likeness (QED) is 0.328. The van der Waals surface area contributed by atoms with Gasteiger partial charge in [-0.1, -0.05) is 20.8 Å². The van der Waals surface area contributed by atoms with Gasteiger partial charge in [0.1, 0.15) is 4.75 Å². The van der Waals surface area contributed by atoms with Gasteiger partial charge in [-0.05, 0) is 37.9 Å². The molecule has 2 N–H and O–H groups in total. The van der Waals surface area contributed by atoms with Gasteiger partial charge in [0.05, 0.1) is 6.61 Å². The first kappa shape index (κ1) is 27.5. The Hall–Kier alpha value is 0.622. The molecule has 0 spiro atoms. The van der Waals surface area contributed by atoms with E-state index in [1.165, 1.54) is 11.8 Å². The van der Waals surface area contributed by atoms with Crippen LogP contribution in [0, 0.1) is 36.5 Å². The number of rotatable bonds is 8. The molecule has 0 bridgehead atoms. The average molecular weight is 570 g/mol. The zero-order valence-electron chi connectivity index (χ0n) is 13.9. The van der Waals surface area contributed by atoms with Gasteiger partial charge < -0.3 is 10.2 Å². The largest absolute Gasteiger partial charge is 0.464 e. The van der Waals surface area contributed by atoms with Crippen LogP contribution in [-0.4, -0.2) is 34.7 Å². The van der Waals surface area contributed by atoms with E-state index in [1.807, 2.05) is 20.8 Å². The summed E-state index contributed by atoms with van der Waals surface area (Å²) in [6.07, 6.45) is -4.03. The van der Waals surface area contributed by atoms with Crippen molar-refractivity contribution in [1.82, 2.24) is 0 Å². The van der Waals surface area contributed by atoms with Crippen LogP contribution in [0.1, 0.15) is 53.9 Å². The van der Waals surface area contributed by atoms with Crippen molar-refractivity contribution in [3.05, 3.63) is 0 Å². The van der Waals surface area contributed by atoms with E-state index in [9.17, 15) is 18.0 Å².